The van der Waals surface area contributed by atoms with Crippen LogP contribution in [0.5, 0.6) is 11.5 Å². The molecule has 14 nitrogen and oxygen atoms in total. The number of amides is 1. The minimum Gasteiger partial charge on any atom is -0.457 e. The van der Waals surface area contributed by atoms with Crippen molar-refractivity contribution in [2.24, 2.45) is 5.92 Å². The van der Waals surface area contributed by atoms with Gasteiger partial charge in [-0.15, -0.1) is 0 Å². The van der Waals surface area contributed by atoms with Crippen LogP contribution >= 0.6 is 0 Å². The van der Waals surface area contributed by atoms with Crippen molar-refractivity contribution in [2.75, 3.05) is 75.9 Å². The summed E-state index contributed by atoms with van der Waals surface area (Å²) < 4.78 is 5.94. The molecule has 3 aromatic carbocycles. The molecule has 0 bridgehead atoms. The van der Waals surface area contributed by atoms with Gasteiger partial charge in [-0.2, -0.15) is 0 Å². The highest BCUT2D eigenvalue weighted by Gasteiger charge is 2.31. The van der Waals surface area contributed by atoms with Gasteiger partial charge >= 0.3 is 0 Å². The number of benzene rings is 3. The van der Waals surface area contributed by atoms with Gasteiger partial charge in [0.05, 0.1) is 17.3 Å². The fraction of sp³-hybridized carbons (Fsp3) is 0.458. The van der Waals surface area contributed by atoms with Gasteiger partial charge in [-0.05, 0) is 131 Å². The molecule has 0 saturated carbocycles. The third-order valence-corrected chi connectivity index (χ3v) is 13.0. The zero-order valence-electron chi connectivity index (χ0n) is 36.2. The molecule has 3 aliphatic heterocycles. The molecule has 3 saturated heterocycles. The maximum atomic E-state index is 12.6. The molecule has 5 N–H and O–H groups in total. The standard InChI is InChI=1S/C48H62N10O4/c1-51-48(61)43(9-6-28-59)55(2)31-37-29-40(13-10-36(37)32-60)58-24-16-34(17-25-58)30-56-22-20-39(21-23-56)57-26-18-38(19-27-57)54-47-44(46(50)52-33-53-47)45(49)35-11-14-42(15-12-35)62-41-7-4-3-5-8-41/h3-5,7-8,10-15,28-29,32-34,38-39,43,49H,6,9,16-27,30-31H2,1-2H3,(H,51,61)(H3,50,52,53,54). The van der Waals surface area contributed by atoms with Crippen LogP contribution in [0.3, 0.4) is 0 Å². The number of carbonyl (C=O) groups is 3. The molecule has 0 spiro atoms. The van der Waals surface area contributed by atoms with Gasteiger partial charge < -0.3 is 40.6 Å². The van der Waals surface area contributed by atoms with Crippen molar-refractivity contribution in [3.05, 3.63) is 101 Å². The van der Waals surface area contributed by atoms with Gasteiger partial charge in [0.15, 0.2) is 0 Å². The van der Waals surface area contributed by atoms with Crippen LogP contribution in [-0.4, -0.2) is 127 Å². The van der Waals surface area contributed by atoms with E-state index in [-0.39, 0.29) is 23.5 Å². The number of hydrogen-bond donors (Lipinski definition) is 4. The fourth-order valence-electron chi connectivity index (χ4n) is 9.39. The number of likely N-dealkylation sites (N-methyl/N-ethyl adjacent to an activating group) is 2. The summed E-state index contributed by atoms with van der Waals surface area (Å²) in [5, 5.41) is 15.4. The smallest absolute Gasteiger partial charge is 0.237 e. The summed E-state index contributed by atoms with van der Waals surface area (Å²) in [4.78, 5) is 54.1. The third-order valence-electron chi connectivity index (χ3n) is 13.0. The molecule has 4 heterocycles. The highest BCUT2D eigenvalue weighted by molar-refractivity contribution is 6.16. The second kappa shape index (κ2) is 21.4. The number of nitrogens with one attached hydrogen (secondary N) is 3. The van der Waals surface area contributed by atoms with Crippen LogP contribution in [0, 0.1) is 11.3 Å². The number of carbonyl (C=O) groups excluding carboxylic acids is 3. The number of anilines is 3. The lowest BCUT2D eigenvalue weighted by molar-refractivity contribution is -0.126. The van der Waals surface area contributed by atoms with Crippen LogP contribution in [-0.2, 0) is 16.1 Å². The number of para-hydroxylation sites is 1. The van der Waals surface area contributed by atoms with Crippen LogP contribution in [0.1, 0.15) is 78.4 Å². The molecular weight excluding hydrogens is 781 g/mol. The number of nitrogens with two attached hydrogens (primary N) is 1. The van der Waals surface area contributed by atoms with E-state index in [4.69, 9.17) is 15.9 Å². The van der Waals surface area contributed by atoms with Crippen molar-refractivity contribution in [2.45, 2.75) is 76.0 Å². The number of hydrogen-bond acceptors (Lipinski definition) is 13. The molecule has 4 aromatic rings. The van der Waals surface area contributed by atoms with E-state index in [0.717, 1.165) is 101 Å². The number of nitrogen functional groups attached to an aromatic ring is 1. The largest absolute Gasteiger partial charge is 0.457 e. The average Bonchev–Trinajstić information content (AvgIpc) is 3.30. The van der Waals surface area contributed by atoms with Gasteiger partial charge in [-0.3, -0.25) is 19.9 Å². The summed E-state index contributed by atoms with van der Waals surface area (Å²) in [5.74, 6) is 2.87. The zero-order valence-corrected chi connectivity index (χ0v) is 36.2. The molecule has 3 aliphatic rings. The van der Waals surface area contributed by atoms with Gasteiger partial charge in [0, 0.05) is 81.6 Å². The van der Waals surface area contributed by atoms with E-state index < -0.39 is 6.04 Å². The summed E-state index contributed by atoms with van der Waals surface area (Å²) in [6.45, 7) is 7.83. The third kappa shape index (κ3) is 11.2. The predicted octanol–water partition coefficient (Wildman–Crippen LogP) is 5.86. The highest BCUT2D eigenvalue weighted by atomic mass is 16.5. The zero-order chi connectivity index (χ0) is 43.4. The van der Waals surface area contributed by atoms with Crippen molar-refractivity contribution < 1.29 is 19.1 Å². The van der Waals surface area contributed by atoms with E-state index in [1.165, 1.54) is 19.2 Å². The Morgan fingerprint density at radius 3 is 2.31 bits per heavy atom. The van der Waals surface area contributed by atoms with E-state index in [9.17, 15) is 14.4 Å². The molecule has 328 valence electrons. The molecule has 1 atom stereocenters. The number of rotatable bonds is 18. The molecule has 62 heavy (non-hydrogen) atoms. The van der Waals surface area contributed by atoms with E-state index >= 15 is 0 Å². The number of aldehydes is 2. The molecule has 7 rings (SSSR count). The van der Waals surface area contributed by atoms with Crippen molar-refractivity contribution in [3.8, 4) is 11.5 Å². The van der Waals surface area contributed by atoms with Gasteiger partial charge in [-0.1, -0.05) is 18.2 Å². The van der Waals surface area contributed by atoms with Crippen molar-refractivity contribution >= 4 is 41.5 Å². The first kappa shape index (κ1) is 44.4. The lowest BCUT2D eigenvalue weighted by atomic mass is 9.93. The molecular formula is C48H62N10O4. The molecule has 1 aromatic heterocycles. The number of nitrogens with zero attached hydrogens (tertiary/aromatic N) is 6. The summed E-state index contributed by atoms with van der Waals surface area (Å²) in [7, 11) is 3.48. The van der Waals surface area contributed by atoms with Gasteiger partial charge in [0.25, 0.3) is 0 Å². The molecule has 14 heteroatoms. The van der Waals surface area contributed by atoms with E-state index in [0.29, 0.717) is 59.6 Å². The second-order valence-electron chi connectivity index (χ2n) is 17.0. The molecule has 1 amide bonds. The summed E-state index contributed by atoms with van der Waals surface area (Å²) in [6, 6.07) is 23.5. The van der Waals surface area contributed by atoms with Gasteiger partial charge in [0.2, 0.25) is 5.91 Å². The van der Waals surface area contributed by atoms with Gasteiger partial charge in [0.1, 0.15) is 42.0 Å². The molecule has 0 aliphatic carbocycles. The average molecular weight is 843 g/mol. The molecule has 1 unspecified atom stereocenters. The lowest BCUT2D eigenvalue weighted by Gasteiger charge is -2.43. The topological polar surface area (TPSA) is 173 Å². The van der Waals surface area contributed by atoms with E-state index in [2.05, 4.69) is 41.4 Å². The van der Waals surface area contributed by atoms with Crippen molar-refractivity contribution in [1.82, 2.24) is 30.0 Å². The van der Waals surface area contributed by atoms with Crippen molar-refractivity contribution in [3.63, 3.8) is 0 Å². The summed E-state index contributed by atoms with van der Waals surface area (Å²) in [6.07, 6.45) is 10.5. The number of aromatic nitrogens is 2. The Bertz CT molecular complexity index is 2110. The van der Waals surface area contributed by atoms with Crippen LogP contribution in [0.4, 0.5) is 17.3 Å². The first-order valence-electron chi connectivity index (χ1n) is 22.2. The Morgan fingerprint density at radius 2 is 1.63 bits per heavy atom. The number of ether oxygens (including phenoxy) is 1. The van der Waals surface area contributed by atoms with Crippen LogP contribution in [0.25, 0.3) is 0 Å². The summed E-state index contributed by atoms with van der Waals surface area (Å²) in [5.41, 5.74) is 10.5. The minimum atomic E-state index is -0.449. The van der Waals surface area contributed by atoms with Gasteiger partial charge in [-0.25, -0.2) is 9.97 Å². The molecule has 3 fully saturated rings. The van der Waals surface area contributed by atoms with Crippen LogP contribution in [0.2, 0.25) is 0 Å². The predicted molar refractivity (Wildman–Crippen MR) is 244 cm³/mol. The quantitative estimate of drug-likeness (QED) is 0.0696. The molecule has 0 radical (unpaired) electrons. The minimum absolute atomic E-state index is 0.132. The maximum absolute atomic E-state index is 12.6. The normalized spacial score (nSPS) is 17.7. The van der Waals surface area contributed by atoms with Crippen molar-refractivity contribution in [1.29, 1.82) is 5.41 Å². The van der Waals surface area contributed by atoms with E-state index in [1.54, 1.807) is 7.05 Å². The Balaban J connectivity index is 0.846. The lowest BCUT2D eigenvalue weighted by Crippen LogP contribution is -2.50. The summed E-state index contributed by atoms with van der Waals surface area (Å²) >= 11 is 0. The second-order valence-corrected chi connectivity index (χ2v) is 17.0. The maximum Gasteiger partial charge on any atom is 0.237 e. The monoisotopic (exact) mass is 842 g/mol. The SMILES string of the molecule is CNC(=O)C(CCC=O)N(C)Cc1cc(N2CCC(CN3CCC(N4CCC(Nc5ncnc(N)c5C(=N)c5ccc(Oc6ccccc6)cc5)CC4)CC3)CC2)ccc1C=O. The Morgan fingerprint density at radius 1 is 0.919 bits per heavy atom. The fourth-order valence-corrected chi connectivity index (χ4v) is 9.39. The van der Waals surface area contributed by atoms with Crippen LogP contribution < -0.4 is 26.0 Å². The number of likely N-dealkylation sites (tertiary alicyclic amines) is 2. The van der Waals surface area contributed by atoms with Crippen LogP contribution in [0.15, 0.2) is 79.1 Å². The first-order valence-corrected chi connectivity index (χ1v) is 22.2. The Labute approximate surface area is 365 Å². The van der Waals surface area contributed by atoms with E-state index in [1.807, 2.05) is 78.7 Å². The number of piperidine rings is 3. The highest BCUT2D eigenvalue weighted by Crippen LogP contribution is 2.30. The Hall–Kier alpha value is -5.70. The Kier molecular flexibility index (Phi) is 15.3. The first-order chi connectivity index (χ1) is 30.2.